The fraction of sp³-hybridized carbons (Fsp3) is 0.333. The third-order valence-corrected chi connectivity index (χ3v) is 7.01. The van der Waals surface area contributed by atoms with Gasteiger partial charge in [0.05, 0.1) is 18.4 Å². The predicted octanol–water partition coefficient (Wildman–Crippen LogP) is 1.32. The van der Waals surface area contributed by atoms with Crippen LogP contribution in [0.4, 0.5) is 10.1 Å². The number of rotatable bonds is 5. The van der Waals surface area contributed by atoms with Crippen LogP contribution in [0.1, 0.15) is 29.5 Å². The van der Waals surface area contributed by atoms with Gasteiger partial charge in [0.25, 0.3) is 0 Å². The number of benzene rings is 2. The largest absolute Gasteiger partial charge is 0.370 e. The summed E-state index contributed by atoms with van der Waals surface area (Å²) in [5.74, 6) is -4.01. The molecule has 3 aliphatic heterocycles. The fourth-order valence-electron chi connectivity index (χ4n) is 5.51. The van der Waals surface area contributed by atoms with Crippen molar-refractivity contribution in [3.8, 4) is 0 Å². The number of anilines is 1. The zero-order valence-electron chi connectivity index (χ0n) is 17.9. The summed E-state index contributed by atoms with van der Waals surface area (Å²) in [6, 6.07) is 10.4. The van der Waals surface area contributed by atoms with Crippen molar-refractivity contribution >= 4 is 29.3 Å². The molecule has 0 unspecified atom stereocenters. The van der Waals surface area contributed by atoms with Crippen molar-refractivity contribution in [1.82, 2.24) is 10.2 Å². The first-order valence-electron chi connectivity index (χ1n) is 10.8. The molecule has 0 bridgehead atoms. The lowest BCUT2D eigenvalue weighted by atomic mass is 9.76. The molecule has 5 rings (SSSR count). The highest BCUT2D eigenvalue weighted by Crippen LogP contribution is 2.54. The summed E-state index contributed by atoms with van der Waals surface area (Å²) in [7, 11) is 0. The number of carbonyl (C=O) groups is 4. The number of nitrogens with zero attached hydrogens (tertiary/aromatic N) is 1. The van der Waals surface area contributed by atoms with E-state index in [1.807, 2.05) is 13.0 Å². The van der Waals surface area contributed by atoms with Crippen molar-refractivity contribution in [2.24, 2.45) is 17.6 Å². The number of imide groups is 1. The summed E-state index contributed by atoms with van der Waals surface area (Å²) in [4.78, 5) is 53.2. The number of hydrogen-bond donors (Lipinski definition) is 3. The molecule has 4 amide bonds. The maximum Gasteiger partial charge on any atom is 0.250 e. The van der Waals surface area contributed by atoms with Crippen LogP contribution in [0.5, 0.6) is 0 Å². The van der Waals surface area contributed by atoms with Gasteiger partial charge >= 0.3 is 0 Å². The van der Waals surface area contributed by atoms with Crippen molar-refractivity contribution in [1.29, 1.82) is 0 Å². The SMILES string of the molecule is Cc1cccc2c1NC(=O)[C@@]21N[C@@H](CCC(N)=O)[C@H]2C(=O)N(Cc3ccc(F)cc3)C(=O)[C@H]21. The molecule has 4 atom stereocenters. The van der Waals surface area contributed by atoms with Crippen LogP contribution in [-0.2, 0) is 31.3 Å². The standard InChI is InChI=1S/C24H23FN4O4/c1-12-3-2-4-15-20(12)27-23(33)24(15)19-18(16(28-24)9-10-17(26)30)21(31)29(22(19)32)11-13-5-7-14(25)8-6-13/h2-8,16,18-19,28H,9-11H2,1H3,(H2,26,30)(H,27,33)/t16-,18+,19-,24+/m0/s1. The second kappa shape index (κ2) is 7.48. The number of halogens is 1. The topological polar surface area (TPSA) is 122 Å². The number of amides is 4. The molecule has 1 spiro atoms. The van der Waals surface area contributed by atoms with Gasteiger partial charge in [0.15, 0.2) is 0 Å². The molecule has 2 aromatic rings. The summed E-state index contributed by atoms with van der Waals surface area (Å²) in [5, 5.41) is 6.16. The van der Waals surface area contributed by atoms with Gasteiger partial charge in [-0.3, -0.25) is 29.4 Å². The summed E-state index contributed by atoms with van der Waals surface area (Å²) < 4.78 is 13.3. The van der Waals surface area contributed by atoms with Crippen LogP contribution in [-0.4, -0.2) is 34.6 Å². The molecule has 2 fully saturated rings. The Labute approximate surface area is 189 Å². The number of nitrogens with two attached hydrogens (primary N) is 1. The molecule has 9 heteroatoms. The zero-order valence-corrected chi connectivity index (χ0v) is 17.9. The second-order valence-electron chi connectivity index (χ2n) is 8.91. The highest BCUT2D eigenvalue weighted by atomic mass is 19.1. The molecule has 3 heterocycles. The normalized spacial score (nSPS) is 27.8. The van der Waals surface area contributed by atoms with Gasteiger partial charge < -0.3 is 11.1 Å². The van der Waals surface area contributed by atoms with E-state index in [4.69, 9.17) is 5.73 Å². The average molecular weight is 450 g/mol. The van der Waals surface area contributed by atoms with Crippen molar-refractivity contribution in [3.63, 3.8) is 0 Å². The molecule has 0 radical (unpaired) electrons. The van der Waals surface area contributed by atoms with Crippen LogP contribution in [0.15, 0.2) is 42.5 Å². The molecule has 4 N–H and O–H groups in total. The maximum absolute atomic E-state index is 13.7. The molecule has 0 aliphatic carbocycles. The van der Waals surface area contributed by atoms with E-state index in [1.54, 1.807) is 12.1 Å². The number of primary amides is 1. The molecule has 0 aromatic heterocycles. The van der Waals surface area contributed by atoms with Crippen LogP contribution in [0.2, 0.25) is 0 Å². The number of para-hydroxylation sites is 1. The molecule has 33 heavy (non-hydrogen) atoms. The van der Waals surface area contributed by atoms with Crippen molar-refractivity contribution in [2.45, 2.75) is 37.9 Å². The Morgan fingerprint density at radius 3 is 2.55 bits per heavy atom. The van der Waals surface area contributed by atoms with E-state index in [9.17, 15) is 23.6 Å². The predicted molar refractivity (Wildman–Crippen MR) is 116 cm³/mol. The van der Waals surface area contributed by atoms with E-state index in [0.717, 1.165) is 10.5 Å². The second-order valence-corrected chi connectivity index (χ2v) is 8.91. The molecule has 170 valence electrons. The first-order valence-corrected chi connectivity index (χ1v) is 10.8. The van der Waals surface area contributed by atoms with E-state index in [2.05, 4.69) is 10.6 Å². The number of carbonyl (C=O) groups excluding carboxylic acids is 4. The monoisotopic (exact) mass is 450 g/mol. The summed E-state index contributed by atoms with van der Waals surface area (Å²) >= 11 is 0. The van der Waals surface area contributed by atoms with Crippen LogP contribution in [0.25, 0.3) is 0 Å². The highest BCUT2D eigenvalue weighted by Gasteiger charge is 2.70. The Hall–Kier alpha value is -3.59. The van der Waals surface area contributed by atoms with Gasteiger partial charge in [-0.1, -0.05) is 30.3 Å². The maximum atomic E-state index is 13.7. The van der Waals surface area contributed by atoms with Crippen LogP contribution >= 0.6 is 0 Å². The van der Waals surface area contributed by atoms with Gasteiger partial charge in [-0.2, -0.15) is 0 Å². The average Bonchev–Trinajstić information content (AvgIpc) is 3.35. The van der Waals surface area contributed by atoms with Gasteiger partial charge in [0.2, 0.25) is 23.6 Å². The summed E-state index contributed by atoms with van der Waals surface area (Å²) in [6.07, 6.45) is 0.231. The molecular weight excluding hydrogens is 427 g/mol. The minimum Gasteiger partial charge on any atom is -0.370 e. The molecule has 8 nitrogen and oxygen atoms in total. The lowest BCUT2D eigenvalue weighted by molar-refractivity contribution is -0.143. The number of aryl methyl sites for hydroxylation is 1. The first-order chi connectivity index (χ1) is 15.7. The smallest absolute Gasteiger partial charge is 0.250 e. The molecule has 0 saturated carbocycles. The lowest BCUT2D eigenvalue weighted by Crippen LogP contribution is -2.53. The number of hydrogen-bond acceptors (Lipinski definition) is 5. The van der Waals surface area contributed by atoms with Gasteiger partial charge in [-0.05, 0) is 36.6 Å². The van der Waals surface area contributed by atoms with Crippen LogP contribution in [0, 0.1) is 24.6 Å². The third-order valence-electron chi connectivity index (χ3n) is 7.01. The third kappa shape index (κ3) is 3.06. The van der Waals surface area contributed by atoms with E-state index in [0.29, 0.717) is 16.8 Å². The molecule has 2 saturated heterocycles. The van der Waals surface area contributed by atoms with E-state index >= 15 is 0 Å². The fourth-order valence-corrected chi connectivity index (χ4v) is 5.51. The van der Waals surface area contributed by atoms with Gasteiger partial charge in [0, 0.05) is 23.7 Å². The Bertz CT molecular complexity index is 1200. The quantitative estimate of drug-likeness (QED) is 0.593. The van der Waals surface area contributed by atoms with E-state index < -0.39 is 52.9 Å². The molecule has 2 aromatic carbocycles. The van der Waals surface area contributed by atoms with Gasteiger partial charge in [-0.25, -0.2) is 4.39 Å². The Balaban J connectivity index is 1.58. The van der Waals surface area contributed by atoms with Crippen molar-refractivity contribution < 1.29 is 23.6 Å². The highest BCUT2D eigenvalue weighted by molar-refractivity contribution is 6.15. The van der Waals surface area contributed by atoms with Gasteiger partial charge in [0.1, 0.15) is 11.4 Å². The minimum atomic E-state index is -1.42. The Morgan fingerprint density at radius 2 is 1.85 bits per heavy atom. The zero-order chi connectivity index (χ0) is 23.5. The van der Waals surface area contributed by atoms with E-state index in [-0.39, 0.29) is 19.4 Å². The first kappa shape index (κ1) is 21.3. The van der Waals surface area contributed by atoms with E-state index in [1.165, 1.54) is 24.3 Å². The lowest BCUT2D eigenvalue weighted by Gasteiger charge is -2.29. The number of fused-ring (bicyclic) bond motifs is 4. The molecular formula is C24H23FN4O4. The van der Waals surface area contributed by atoms with Crippen LogP contribution < -0.4 is 16.4 Å². The Kier molecular flexibility index (Phi) is 4.82. The molecule has 3 aliphatic rings. The minimum absolute atomic E-state index is 0.0126. The summed E-state index contributed by atoms with van der Waals surface area (Å²) in [5.41, 5.74) is 6.61. The van der Waals surface area contributed by atoms with Crippen LogP contribution in [0.3, 0.4) is 0 Å². The summed E-state index contributed by atoms with van der Waals surface area (Å²) in [6.45, 7) is 1.84. The van der Waals surface area contributed by atoms with Crippen molar-refractivity contribution in [2.75, 3.05) is 5.32 Å². The number of nitrogens with one attached hydrogen (secondary N) is 2. The van der Waals surface area contributed by atoms with Crippen molar-refractivity contribution in [3.05, 3.63) is 65.0 Å². The van der Waals surface area contributed by atoms with Gasteiger partial charge in [-0.15, -0.1) is 0 Å². The Morgan fingerprint density at radius 1 is 1.12 bits per heavy atom. The number of likely N-dealkylation sites (tertiary alicyclic amines) is 1.